The fraction of sp³-hybridized carbons (Fsp3) is 0.450. The van der Waals surface area contributed by atoms with Gasteiger partial charge < -0.3 is 9.47 Å². The number of carbonyl (C=O) groups is 3. The van der Waals surface area contributed by atoms with Gasteiger partial charge in [0.2, 0.25) is 11.8 Å². The van der Waals surface area contributed by atoms with Crippen LogP contribution in [-0.4, -0.2) is 35.4 Å². The van der Waals surface area contributed by atoms with Crippen LogP contribution in [0.2, 0.25) is 0 Å². The zero-order chi connectivity index (χ0) is 18.9. The molecule has 0 unspecified atom stereocenters. The molecule has 0 aliphatic carbocycles. The molecule has 0 radical (unpaired) electrons. The van der Waals surface area contributed by atoms with Gasteiger partial charge in [0.15, 0.2) is 5.78 Å². The van der Waals surface area contributed by atoms with E-state index in [1.54, 1.807) is 18.2 Å². The second-order valence-electron chi connectivity index (χ2n) is 7.44. The topological polar surface area (TPSA) is 72.9 Å². The first kappa shape index (κ1) is 17.0. The molecule has 0 N–H and O–H groups in total. The Kier molecular flexibility index (Phi) is 3.44. The first-order chi connectivity index (χ1) is 12.2. The highest BCUT2D eigenvalue weighted by Crippen LogP contribution is 2.58. The average Bonchev–Trinajstić information content (AvgIpc) is 3.12. The Morgan fingerprint density at radius 1 is 1.15 bits per heavy atom. The van der Waals surface area contributed by atoms with Crippen LogP contribution >= 0.6 is 0 Å². The molecule has 6 heteroatoms. The Labute approximate surface area is 151 Å². The largest absolute Gasteiger partial charge is 0.492 e. The Bertz CT molecular complexity index is 839. The standard InChI is InChI=1S/C20H21NO5/c1-5-25-14-7-6-12(11(2)22)10-13(14)21-17(23)15-16(18(21)24)20(4)9-8-19(15,3)26-20/h6-10,15-16H,5H2,1-4H3/t15-,16-,19+,20+/m0/s1. The van der Waals surface area contributed by atoms with Crippen molar-refractivity contribution in [2.75, 3.05) is 11.5 Å². The summed E-state index contributed by atoms with van der Waals surface area (Å²) >= 11 is 0. The fourth-order valence-corrected chi connectivity index (χ4v) is 4.46. The van der Waals surface area contributed by atoms with Crippen molar-refractivity contribution in [2.24, 2.45) is 11.8 Å². The minimum atomic E-state index is -0.787. The summed E-state index contributed by atoms with van der Waals surface area (Å²) in [5.41, 5.74) is -0.818. The summed E-state index contributed by atoms with van der Waals surface area (Å²) in [6.45, 7) is 7.33. The minimum absolute atomic E-state index is 0.141. The van der Waals surface area contributed by atoms with E-state index in [4.69, 9.17) is 9.47 Å². The van der Waals surface area contributed by atoms with Crippen LogP contribution in [0.15, 0.2) is 30.4 Å². The van der Waals surface area contributed by atoms with E-state index in [0.29, 0.717) is 23.6 Å². The molecule has 3 heterocycles. The van der Waals surface area contributed by atoms with Gasteiger partial charge >= 0.3 is 0 Å². The Morgan fingerprint density at radius 3 is 2.23 bits per heavy atom. The lowest BCUT2D eigenvalue weighted by Gasteiger charge is -2.26. The van der Waals surface area contributed by atoms with E-state index in [2.05, 4.69) is 0 Å². The highest BCUT2D eigenvalue weighted by molar-refractivity contribution is 6.24. The van der Waals surface area contributed by atoms with Crippen LogP contribution in [-0.2, 0) is 14.3 Å². The van der Waals surface area contributed by atoms with E-state index in [9.17, 15) is 14.4 Å². The minimum Gasteiger partial charge on any atom is -0.492 e. The normalized spacial score (nSPS) is 34.5. The molecule has 3 aliphatic heterocycles. The maximum atomic E-state index is 13.2. The second-order valence-corrected chi connectivity index (χ2v) is 7.44. The number of amides is 2. The number of benzene rings is 1. The van der Waals surface area contributed by atoms with Crippen LogP contribution < -0.4 is 9.64 Å². The number of rotatable bonds is 4. The molecule has 4 rings (SSSR count). The van der Waals surface area contributed by atoms with Gasteiger partial charge in [0, 0.05) is 5.56 Å². The molecular weight excluding hydrogens is 334 g/mol. The molecule has 2 fully saturated rings. The van der Waals surface area contributed by atoms with Crippen molar-refractivity contribution in [3.63, 3.8) is 0 Å². The van der Waals surface area contributed by atoms with Crippen LogP contribution in [0.4, 0.5) is 5.69 Å². The van der Waals surface area contributed by atoms with Crippen molar-refractivity contribution in [2.45, 2.75) is 38.9 Å². The number of hydrogen-bond acceptors (Lipinski definition) is 5. The number of hydrogen-bond donors (Lipinski definition) is 0. The fourth-order valence-electron chi connectivity index (χ4n) is 4.46. The first-order valence-corrected chi connectivity index (χ1v) is 8.78. The highest BCUT2D eigenvalue weighted by Gasteiger charge is 2.70. The maximum Gasteiger partial charge on any atom is 0.241 e. The number of anilines is 1. The summed E-state index contributed by atoms with van der Waals surface area (Å²) in [4.78, 5) is 39.4. The van der Waals surface area contributed by atoms with Gasteiger partial charge in [-0.2, -0.15) is 0 Å². The van der Waals surface area contributed by atoms with Gasteiger partial charge in [0.1, 0.15) is 5.75 Å². The third-order valence-electron chi connectivity index (χ3n) is 5.63. The van der Waals surface area contributed by atoms with Gasteiger partial charge in [-0.05, 0) is 45.9 Å². The summed E-state index contributed by atoms with van der Waals surface area (Å²) in [6, 6.07) is 4.84. The number of imide groups is 1. The van der Waals surface area contributed by atoms with Crippen LogP contribution in [0, 0.1) is 11.8 Å². The number of Topliss-reactive ketones (excluding diaryl/α,β-unsaturated/α-hetero) is 1. The van der Waals surface area contributed by atoms with Gasteiger partial charge in [-0.3, -0.25) is 14.4 Å². The average molecular weight is 355 g/mol. The van der Waals surface area contributed by atoms with E-state index in [0.717, 1.165) is 0 Å². The third kappa shape index (κ3) is 2.05. The Balaban J connectivity index is 1.83. The van der Waals surface area contributed by atoms with E-state index < -0.39 is 23.0 Å². The molecule has 1 aromatic carbocycles. The van der Waals surface area contributed by atoms with E-state index >= 15 is 0 Å². The van der Waals surface area contributed by atoms with Crippen molar-refractivity contribution in [1.82, 2.24) is 0 Å². The summed E-state index contributed by atoms with van der Waals surface area (Å²) in [6.07, 6.45) is 3.75. The number of ketones is 1. The number of carbonyl (C=O) groups excluding carboxylic acids is 3. The summed E-state index contributed by atoms with van der Waals surface area (Å²) < 4.78 is 11.6. The van der Waals surface area contributed by atoms with Crippen LogP contribution in [0.1, 0.15) is 38.1 Å². The summed E-state index contributed by atoms with van der Waals surface area (Å²) in [7, 11) is 0. The Hall–Kier alpha value is -2.47. The lowest BCUT2D eigenvalue weighted by molar-refractivity contribution is -0.128. The third-order valence-corrected chi connectivity index (χ3v) is 5.63. The van der Waals surface area contributed by atoms with Crippen LogP contribution in [0.25, 0.3) is 0 Å². The van der Waals surface area contributed by atoms with Gasteiger partial charge in [-0.1, -0.05) is 12.2 Å². The molecule has 2 saturated heterocycles. The molecule has 0 spiro atoms. The van der Waals surface area contributed by atoms with Gasteiger partial charge in [0.25, 0.3) is 0 Å². The molecule has 0 saturated carbocycles. The number of ether oxygens (including phenoxy) is 2. The van der Waals surface area contributed by atoms with Crippen molar-refractivity contribution < 1.29 is 23.9 Å². The quantitative estimate of drug-likeness (QED) is 0.471. The molecule has 3 aliphatic rings. The maximum absolute atomic E-state index is 13.2. The summed E-state index contributed by atoms with van der Waals surface area (Å²) in [5, 5.41) is 0. The number of nitrogens with zero attached hydrogens (tertiary/aromatic N) is 1. The monoisotopic (exact) mass is 355 g/mol. The predicted molar refractivity (Wildman–Crippen MR) is 94.1 cm³/mol. The molecule has 2 amide bonds. The molecule has 26 heavy (non-hydrogen) atoms. The Morgan fingerprint density at radius 2 is 1.73 bits per heavy atom. The van der Waals surface area contributed by atoms with Crippen molar-refractivity contribution in [3.05, 3.63) is 35.9 Å². The van der Waals surface area contributed by atoms with E-state index in [-0.39, 0.29) is 17.6 Å². The molecule has 0 aromatic heterocycles. The molecule has 2 bridgehead atoms. The van der Waals surface area contributed by atoms with Crippen molar-refractivity contribution in [1.29, 1.82) is 0 Å². The smallest absolute Gasteiger partial charge is 0.241 e. The van der Waals surface area contributed by atoms with Gasteiger partial charge in [-0.15, -0.1) is 0 Å². The molecular formula is C20H21NO5. The van der Waals surface area contributed by atoms with Gasteiger partial charge in [-0.25, -0.2) is 4.90 Å². The SMILES string of the molecule is CCOc1ccc(C(C)=O)cc1N1C(=O)[C@@H]2[C@@H](C1=O)[C@@]1(C)C=C[C@@]2(C)O1. The van der Waals surface area contributed by atoms with Crippen LogP contribution in [0.3, 0.4) is 0 Å². The van der Waals surface area contributed by atoms with Crippen molar-refractivity contribution in [3.8, 4) is 5.75 Å². The molecule has 1 aromatic rings. The van der Waals surface area contributed by atoms with Crippen molar-refractivity contribution >= 4 is 23.3 Å². The van der Waals surface area contributed by atoms with Gasteiger partial charge in [0.05, 0.1) is 35.3 Å². The molecule has 4 atom stereocenters. The lowest BCUT2D eigenvalue weighted by Crippen LogP contribution is -2.39. The molecule has 6 nitrogen and oxygen atoms in total. The first-order valence-electron chi connectivity index (χ1n) is 8.78. The van der Waals surface area contributed by atoms with Crippen LogP contribution in [0.5, 0.6) is 5.75 Å². The lowest BCUT2D eigenvalue weighted by atomic mass is 9.73. The predicted octanol–water partition coefficient (Wildman–Crippen LogP) is 2.51. The zero-order valence-corrected chi connectivity index (χ0v) is 15.2. The molecule has 136 valence electrons. The summed E-state index contributed by atoms with van der Waals surface area (Å²) in [5.74, 6) is -1.48. The number of fused-ring (bicyclic) bond motifs is 5. The zero-order valence-electron chi connectivity index (χ0n) is 15.2. The second kappa shape index (κ2) is 5.27. The highest BCUT2D eigenvalue weighted by atomic mass is 16.5. The van der Waals surface area contributed by atoms with E-state index in [1.165, 1.54) is 11.8 Å². The van der Waals surface area contributed by atoms with E-state index in [1.807, 2.05) is 32.9 Å².